The minimum absolute atomic E-state index is 0.0377. The van der Waals surface area contributed by atoms with E-state index in [1.807, 2.05) is 25.1 Å². The van der Waals surface area contributed by atoms with Crippen LogP contribution in [0.5, 0.6) is 5.75 Å². The molecule has 2 amide bonds. The lowest BCUT2D eigenvalue weighted by atomic mass is 9.90. The Labute approximate surface area is 161 Å². The highest BCUT2D eigenvalue weighted by molar-refractivity contribution is 7.18. The first-order chi connectivity index (χ1) is 12.5. The summed E-state index contributed by atoms with van der Waals surface area (Å²) in [5.41, 5.74) is 0. The Kier molecular flexibility index (Phi) is 6.16. The second kappa shape index (κ2) is 8.56. The number of carbonyl (C=O) groups excluding carboxylic acids is 2. The van der Waals surface area contributed by atoms with Gasteiger partial charge in [-0.05, 0) is 49.9 Å². The van der Waals surface area contributed by atoms with Crippen molar-refractivity contribution < 1.29 is 14.3 Å². The number of piperidine rings is 1. The number of para-hydroxylation sites is 1. The summed E-state index contributed by atoms with van der Waals surface area (Å²) >= 11 is 7.16. The van der Waals surface area contributed by atoms with Gasteiger partial charge in [-0.1, -0.05) is 29.8 Å². The number of hydrogen-bond donors (Lipinski definition) is 1. The van der Waals surface area contributed by atoms with E-state index in [-0.39, 0.29) is 18.0 Å². The minimum Gasteiger partial charge on any atom is -0.410 e. The number of nitrogens with zero attached hydrogens (tertiary/aromatic N) is 1. The van der Waals surface area contributed by atoms with Gasteiger partial charge in [-0.2, -0.15) is 0 Å². The molecule has 1 aliphatic rings. The van der Waals surface area contributed by atoms with Gasteiger partial charge in [0.25, 0.3) is 5.91 Å². The van der Waals surface area contributed by atoms with Gasteiger partial charge in [-0.25, -0.2) is 4.79 Å². The van der Waals surface area contributed by atoms with Crippen LogP contribution in [0.15, 0.2) is 42.5 Å². The fourth-order valence-electron chi connectivity index (χ4n) is 3.07. The van der Waals surface area contributed by atoms with Gasteiger partial charge < -0.3 is 15.0 Å². The van der Waals surface area contributed by atoms with Crippen molar-refractivity contribution in [2.75, 3.05) is 13.1 Å². The van der Waals surface area contributed by atoms with E-state index in [1.165, 1.54) is 11.3 Å². The van der Waals surface area contributed by atoms with Crippen LogP contribution in [0, 0.1) is 5.92 Å². The molecule has 0 unspecified atom stereocenters. The van der Waals surface area contributed by atoms with E-state index in [0.717, 1.165) is 12.8 Å². The third-order valence-electron chi connectivity index (χ3n) is 4.61. The maximum atomic E-state index is 12.2. The van der Waals surface area contributed by atoms with Crippen molar-refractivity contribution in [2.24, 2.45) is 5.92 Å². The first-order valence-electron chi connectivity index (χ1n) is 8.61. The van der Waals surface area contributed by atoms with Gasteiger partial charge in [0.15, 0.2) is 0 Å². The number of carbonyl (C=O) groups is 2. The van der Waals surface area contributed by atoms with E-state index < -0.39 is 0 Å². The van der Waals surface area contributed by atoms with E-state index in [9.17, 15) is 9.59 Å². The molecule has 0 radical (unpaired) electrons. The van der Waals surface area contributed by atoms with Crippen molar-refractivity contribution >= 4 is 34.9 Å². The first-order valence-corrected chi connectivity index (χ1v) is 9.80. The number of halogens is 1. The van der Waals surface area contributed by atoms with E-state index in [4.69, 9.17) is 16.3 Å². The number of likely N-dealkylation sites (tertiary alicyclic amines) is 1. The first kappa shape index (κ1) is 18.7. The number of ether oxygens (including phenoxy) is 1. The summed E-state index contributed by atoms with van der Waals surface area (Å²) in [5, 5.41) is 3.04. The lowest BCUT2D eigenvalue weighted by Gasteiger charge is -2.34. The molecule has 1 saturated heterocycles. The normalized spacial score (nSPS) is 16.2. The molecule has 1 aliphatic heterocycles. The molecule has 138 valence electrons. The van der Waals surface area contributed by atoms with Crippen LogP contribution < -0.4 is 10.1 Å². The predicted octanol–water partition coefficient (Wildman–Crippen LogP) is 4.43. The molecular formula is C19H21ClN2O3S. The lowest BCUT2D eigenvalue weighted by Crippen LogP contribution is -2.46. The summed E-state index contributed by atoms with van der Waals surface area (Å²) in [4.78, 5) is 26.8. The van der Waals surface area contributed by atoms with Crippen LogP contribution in [0.1, 0.15) is 29.4 Å². The highest BCUT2D eigenvalue weighted by Gasteiger charge is 2.28. The molecule has 0 saturated carbocycles. The molecule has 7 heteroatoms. The fourth-order valence-corrected chi connectivity index (χ4v) is 4.01. The molecule has 2 heterocycles. The Hall–Kier alpha value is -2.05. The minimum atomic E-state index is -0.320. The molecule has 1 N–H and O–H groups in total. The van der Waals surface area contributed by atoms with E-state index >= 15 is 0 Å². The Morgan fingerprint density at radius 2 is 1.88 bits per heavy atom. The molecule has 3 rings (SSSR count). The van der Waals surface area contributed by atoms with E-state index in [2.05, 4.69) is 5.32 Å². The number of hydrogen-bond acceptors (Lipinski definition) is 4. The highest BCUT2D eigenvalue weighted by atomic mass is 35.5. The molecule has 1 fully saturated rings. The average molecular weight is 393 g/mol. The Morgan fingerprint density at radius 1 is 1.19 bits per heavy atom. The molecule has 1 aromatic heterocycles. The monoisotopic (exact) mass is 392 g/mol. The maximum absolute atomic E-state index is 12.2. The largest absolute Gasteiger partial charge is 0.415 e. The van der Waals surface area contributed by atoms with Crippen LogP contribution >= 0.6 is 22.9 Å². The summed E-state index contributed by atoms with van der Waals surface area (Å²) in [5.74, 6) is 0.783. The third kappa shape index (κ3) is 4.77. The van der Waals surface area contributed by atoms with Crippen molar-refractivity contribution in [3.63, 3.8) is 0 Å². The molecular weight excluding hydrogens is 372 g/mol. The van der Waals surface area contributed by atoms with Gasteiger partial charge in [0.2, 0.25) is 0 Å². The van der Waals surface area contributed by atoms with Gasteiger partial charge in [-0.15, -0.1) is 11.3 Å². The van der Waals surface area contributed by atoms with Crippen LogP contribution in [0.4, 0.5) is 4.79 Å². The van der Waals surface area contributed by atoms with Crippen molar-refractivity contribution in [3.05, 3.63) is 51.7 Å². The molecule has 26 heavy (non-hydrogen) atoms. The van der Waals surface area contributed by atoms with Crippen molar-refractivity contribution in [1.82, 2.24) is 10.2 Å². The summed E-state index contributed by atoms with van der Waals surface area (Å²) in [6, 6.07) is 12.6. The van der Waals surface area contributed by atoms with E-state index in [1.54, 1.807) is 29.2 Å². The van der Waals surface area contributed by atoms with Gasteiger partial charge in [0.05, 0.1) is 9.21 Å². The van der Waals surface area contributed by atoms with Crippen molar-refractivity contribution in [1.29, 1.82) is 0 Å². The van der Waals surface area contributed by atoms with Gasteiger partial charge in [-0.3, -0.25) is 4.79 Å². The van der Waals surface area contributed by atoms with Crippen LogP contribution in [-0.4, -0.2) is 36.0 Å². The molecule has 1 aromatic carbocycles. The molecule has 5 nitrogen and oxygen atoms in total. The Bertz CT molecular complexity index is 757. The second-order valence-electron chi connectivity index (χ2n) is 6.37. The molecule has 2 aromatic rings. The number of benzene rings is 1. The number of thiophene rings is 1. The van der Waals surface area contributed by atoms with Crippen LogP contribution in [0.3, 0.4) is 0 Å². The summed E-state index contributed by atoms with van der Waals surface area (Å²) in [7, 11) is 0. The molecule has 0 bridgehead atoms. The molecule has 0 spiro atoms. The van der Waals surface area contributed by atoms with E-state index in [0.29, 0.717) is 34.0 Å². The van der Waals surface area contributed by atoms with Gasteiger partial charge in [0.1, 0.15) is 5.75 Å². The summed E-state index contributed by atoms with van der Waals surface area (Å²) in [6.07, 6.45) is 1.34. The highest BCUT2D eigenvalue weighted by Crippen LogP contribution is 2.24. The number of amides is 2. The average Bonchev–Trinajstić information content (AvgIpc) is 3.09. The van der Waals surface area contributed by atoms with Gasteiger partial charge >= 0.3 is 6.09 Å². The zero-order chi connectivity index (χ0) is 18.5. The fraction of sp³-hybridized carbons (Fsp3) is 0.368. The summed E-state index contributed by atoms with van der Waals surface area (Å²) in [6.45, 7) is 3.26. The zero-order valence-electron chi connectivity index (χ0n) is 14.5. The number of nitrogens with one attached hydrogen (secondary N) is 1. The molecule has 0 aliphatic carbocycles. The van der Waals surface area contributed by atoms with Crippen LogP contribution in [0.25, 0.3) is 0 Å². The Balaban J connectivity index is 1.47. The smallest absolute Gasteiger partial charge is 0.410 e. The predicted molar refractivity (Wildman–Crippen MR) is 103 cm³/mol. The zero-order valence-corrected chi connectivity index (χ0v) is 16.1. The van der Waals surface area contributed by atoms with Crippen LogP contribution in [0.2, 0.25) is 4.34 Å². The third-order valence-corrected chi connectivity index (χ3v) is 5.84. The lowest BCUT2D eigenvalue weighted by molar-refractivity contribution is 0.0899. The standard InChI is InChI=1S/C19H21ClN2O3S/c1-13(21-18(23)16-7-8-17(20)26-16)14-9-11-22(12-10-14)19(24)25-15-5-3-2-4-6-15/h2-8,13-14H,9-12H2,1H3,(H,21,23)/t13-/m1/s1. The van der Waals surface area contributed by atoms with Crippen LogP contribution in [-0.2, 0) is 0 Å². The SMILES string of the molecule is C[C@@H](NC(=O)c1ccc(Cl)s1)C1CCN(C(=O)Oc2ccccc2)CC1. The van der Waals surface area contributed by atoms with Crippen molar-refractivity contribution in [2.45, 2.75) is 25.8 Å². The summed E-state index contributed by atoms with van der Waals surface area (Å²) < 4.78 is 5.99. The van der Waals surface area contributed by atoms with Crippen molar-refractivity contribution in [3.8, 4) is 5.75 Å². The maximum Gasteiger partial charge on any atom is 0.415 e. The Morgan fingerprint density at radius 3 is 2.50 bits per heavy atom. The number of rotatable bonds is 4. The topological polar surface area (TPSA) is 58.6 Å². The molecule has 1 atom stereocenters. The second-order valence-corrected chi connectivity index (χ2v) is 8.09. The van der Waals surface area contributed by atoms with Gasteiger partial charge in [0, 0.05) is 19.1 Å². The quantitative estimate of drug-likeness (QED) is 0.837.